The fourth-order valence-corrected chi connectivity index (χ4v) is 1.01. The topological polar surface area (TPSA) is 0 Å². The van der Waals surface area contributed by atoms with E-state index in [1.165, 1.54) is 0 Å². The van der Waals surface area contributed by atoms with E-state index in [-0.39, 0.29) is 7.43 Å². The van der Waals surface area contributed by atoms with Crippen molar-refractivity contribution in [3.63, 3.8) is 0 Å². The van der Waals surface area contributed by atoms with Crippen molar-refractivity contribution < 1.29 is 0 Å². The Morgan fingerprint density at radius 1 is 1.36 bits per heavy atom. The van der Waals surface area contributed by atoms with Crippen LogP contribution in [0.5, 0.6) is 0 Å². The monoisotopic (exact) mass is 154 g/mol. The van der Waals surface area contributed by atoms with Gasteiger partial charge in [-0.2, -0.15) is 0 Å². The first-order valence-corrected chi connectivity index (χ1v) is 3.96. The molecule has 0 spiro atoms. The zero-order valence-electron chi connectivity index (χ0n) is 7.30. The lowest BCUT2D eigenvalue weighted by molar-refractivity contribution is 0.470. The van der Waals surface area contributed by atoms with Crippen molar-refractivity contribution in [2.45, 2.75) is 34.6 Å². The highest BCUT2D eigenvalue weighted by Crippen LogP contribution is 2.16. The Balaban J connectivity index is 0. The summed E-state index contributed by atoms with van der Waals surface area (Å²) in [6, 6.07) is 0. The van der Waals surface area contributed by atoms with Crippen molar-refractivity contribution in [3.8, 4) is 0 Å². The Labute approximate surface area is 72.0 Å². The lowest BCUT2D eigenvalue weighted by atomic mass is 9.92. The summed E-state index contributed by atoms with van der Waals surface area (Å²) in [4.78, 5) is 0. The SMILES string of the molecule is C.C=CC[C@@H](/C=C\C)C(C)C. The number of rotatable bonds is 4. The molecular formula is C11H22. The molecule has 0 heteroatoms. The van der Waals surface area contributed by atoms with Gasteiger partial charge in [-0.1, -0.05) is 39.5 Å². The maximum absolute atomic E-state index is 3.73. The molecule has 0 bridgehead atoms. The van der Waals surface area contributed by atoms with Crippen molar-refractivity contribution >= 4 is 0 Å². The maximum atomic E-state index is 3.73. The Morgan fingerprint density at radius 3 is 2.18 bits per heavy atom. The van der Waals surface area contributed by atoms with Crippen molar-refractivity contribution in [3.05, 3.63) is 24.8 Å². The third-order valence-electron chi connectivity index (χ3n) is 1.73. The zero-order valence-corrected chi connectivity index (χ0v) is 7.30. The number of hydrogen-bond donors (Lipinski definition) is 0. The fraction of sp³-hybridized carbons (Fsp3) is 0.636. The van der Waals surface area contributed by atoms with Crippen LogP contribution in [0.25, 0.3) is 0 Å². The standard InChI is InChI=1S/C10H18.CH4/c1-5-7-10(8-6-2)9(3)4;/h5-6,8-10H,1,7H2,2-4H3;1H4/b8-6-;/t10-;/m0./s1. The molecule has 0 unspecified atom stereocenters. The van der Waals surface area contributed by atoms with Gasteiger partial charge in [0.05, 0.1) is 0 Å². The molecule has 66 valence electrons. The van der Waals surface area contributed by atoms with Crippen LogP contribution >= 0.6 is 0 Å². The van der Waals surface area contributed by atoms with Crippen molar-refractivity contribution in [1.82, 2.24) is 0 Å². The Kier molecular flexibility index (Phi) is 9.03. The molecule has 0 aromatic carbocycles. The molecule has 0 aromatic rings. The molecule has 0 radical (unpaired) electrons. The zero-order chi connectivity index (χ0) is 7.98. The third-order valence-corrected chi connectivity index (χ3v) is 1.73. The van der Waals surface area contributed by atoms with Crippen LogP contribution in [-0.2, 0) is 0 Å². The molecule has 0 N–H and O–H groups in total. The Bertz CT molecular complexity index is 109. The molecule has 0 saturated heterocycles. The quantitative estimate of drug-likeness (QED) is 0.536. The van der Waals surface area contributed by atoms with E-state index in [4.69, 9.17) is 0 Å². The second-order valence-corrected chi connectivity index (χ2v) is 2.96. The van der Waals surface area contributed by atoms with E-state index in [0.717, 1.165) is 12.3 Å². The molecule has 0 fully saturated rings. The minimum Gasteiger partial charge on any atom is -0.103 e. The highest BCUT2D eigenvalue weighted by atomic mass is 14.1. The second kappa shape index (κ2) is 7.59. The van der Waals surface area contributed by atoms with E-state index in [2.05, 4.69) is 39.5 Å². The first-order chi connectivity index (χ1) is 4.72. The normalized spacial score (nSPS) is 13.1. The van der Waals surface area contributed by atoms with E-state index in [0.29, 0.717) is 5.92 Å². The molecule has 0 aliphatic rings. The highest BCUT2D eigenvalue weighted by Gasteiger charge is 2.05. The molecule has 0 aromatic heterocycles. The van der Waals surface area contributed by atoms with Crippen LogP contribution in [0, 0.1) is 11.8 Å². The van der Waals surface area contributed by atoms with E-state index >= 15 is 0 Å². The summed E-state index contributed by atoms with van der Waals surface area (Å²) >= 11 is 0. The summed E-state index contributed by atoms with van der Waals surface area (Å²) in [6.07, 6.45) is 7.47. The van der Waals surface area contributed by atoms with Gasteiger partial charge in [-0.25, -0.2) is 0 Å². The summed E-state index contributed by atoms with van der Waals surface area (Å²) in [5, 5.41) is 0. The third kappa shape index (κ3) is 5.90. The summed E-state index contributed by atoms with van der Waals surface area (Å²) in [5.41, 5.74) is 0. The smallest absolute Gasteiger partial charge is 0.0176 e. The summed E-state index contributed by atoms with van der Waals surface area (Å²) < 4.78 is 0. The van der Waals surface area contributed by atoms with Gasteiger partial charge in [0, 0.05) is 0 Å². The molecule has 11 heavy (non-hydrogen) atoms. The van der Waals surface area contributed by atoms with Gasteiger partial charge < -0.3 is 0 Å². The largest absolute Gasteiger partial charge is 0.103 e. The van der Waals surface area contributed by atoms with Crippen LogP contribution in [0.3, 0.4) is 0 Å². The Morgan fingerprint density at radius 2 is 1.91 bits per heavy atom. The maximum Gasteiger partial charge on any atom is -0.0176 e. The fourth-order valence-electron chi connectivity index (χ4n) is 1.01. The summed E-state index contributed by atoms with van der Waals surface area (Å²) in [5.74, 6) is 1.41. The van der Waals surface area contributed by atoms with Crippen molar-refractivity contribution in [1.29, 1.82) is 0 Å². The van der Waals surface area contributed by atoms with Crippen LogP contribution in [0.15, 0.2) is 24.8 Å². The van der Waals surface area contributed by atoms with Crippen LogP contribution < -0.4 is 0 Å². The molecule has 0 nitrogen and oxygen atoms in total. The van der Waals surface area contributed by atoms with Gasteiger partial charge in [-0.15, -0.1) is 6.58 Å². The lowest BCUT2D eigenvalue weighted by Gasteiger charge is -2.13. The van der Waals surface area contributed by atoms with Gasteiger partial charge in [0.25, 0.3) is 0 Å². The molecule has 0 heterocycles. The minimum atomic E-state index is 0. The molecule has 0 saturated carbocycles. The second-order valence-electron chi connectivity index (χ2n) is 2.96. The lowest BCUT2D eigenvalue weighted by Crippen LogP contribution is -2.03. The van der Waals surface area contributed by atoms with E-state index < -0.39 is 0 Å². The van der Waals surface area contributed by atoms with Crippen LogP contribution in [-0.4, -0.2) is 0 Å². The van der Waals surface area contributed by atoms with Crippen molar-refractivity contribution in [2.24, 2.45) is 11.8 Å². The van der Waals surface area contributed by atoms with Gasteiger partial charge >= 0.3 is 0 Å². The first-order valence-electron chi connectivity index (χ1n) is 3.96. The van der Waals surface area contributed by atoms with Gasteiger partial charge in [0.2, 0.25) is 0 Å². The van der Waals surface area contributed by atoms with E-state index in [9.17, 15) is 0 Å². The predicted octanol–water partition coefficient (Wildman–Crippen LogP) is 4.05. The first kappa shape index (κ1) is 13.1. The average Bonchev–Trinajstić information content (AvgIpc) is 1.87. The summed E-state index contributed by atoms with van der Waals surface area (Å²) in [7, 11) is 0. The molecule has 0 rings (SSSR count). The predicted molar refractivity (Wildman–Crippen MR) is 54.7 cm³/mol. The minimum absolute atomic E-state index is 0. The van der Waals surface area contributed by atoms with E-state index in [1.807, 2.05) is 6.08 Å². The number of allylic oxidation sites excluding steroid dienone is 3. The Hall–Kier alpha value is -0.520. The van der Waals surface area contributed by atoms with Crippen LogP contribution in [0.4, 0.5) is 0 Å². The van der Waals surface area contributed by atoms with Gasteiger partial charge in [-0.3, -0.25) is 0 Å². The number of hydrogen-bond acceptors (Lipinski definition) is 0. The van der Waals surface area contributed by atoms with Crippen molar-refractivity contribution in [2.75, 3.05) is 0 Å². The van der Waals surface area contributed by atoms with Gasteiger partial charge in [0.15, 0.2) is 0 Å². The molecule has 1 atom stereocenters. The van der Waals surface area contributed by atoms with Gasteiger partial charge in [0.1, 0.15) is 0 Å². The van der Waals surface area contributed by atoms with Gasteiger partial charge in [-0.05, 0) is 25.2 Å². The van der Waals surface area contributed by atoms with Crippen LogP contribution in [0.2, 0.25) is 0 Å². The average molecular weight is 154 g/mol. The molecule has 0 amide bonds. The summed E-state index contributed by atoms with van der Waals surface area (Å²) in [6.45, 7) is 10.3. The molecular weight excluding hydrogens is 132 g/mol. The van der Waals surface area contributed by atoms with Crippen LogP contribution in [0.1, 0.15) is 34.6 Å². The highest BCUT2D eigenvalue weighted by molar-refractivity contribution is 4.90. The molecule has 0 aliphatic carbocycles. The van der Waals surface area contributed by atoms with E-state index in [1.54, 1.807) is 0 Å². The molecule has 0 aliphatic heterocycles.